The van der Waals surface area contributed by atoms with Gasteiger partial charge in [-0.2, -0.15) is 0 Å². The summed E-state index contributed by atoms with van der Waals surface area (Å²) in [6.07, 6.45) is 0.346. The Balaban J connectivity index is 2.08. The summed E-state index contributed by atoms with van der Waals surface area (Å²) in [5, 5.41) is 18.2. The first kappa shape index (κ1) is 14.5. The smallest absolute Gasteiger partial charge is 0.423 e. The first-order valence-electron chi connectivity index (χ1n) is 6.48. The standard InChI is InChI=1S/C13H19BFNO3/c1-9-6-16(7-10(2)19-9)8-11-3-4-13(15)12(5-11)14(17)18/h3-5,9-10,17-18H,6-8H2,1-2H3. The third-order valence-electron chi connectivity index (χ3n) is 3.24. The minimum absolute atomic E-state index is 0.0770. The molecular weight excluding hydrogens is 248 g/mol. The van der Waals surface area contributed by atoms with Crippen LogP contribution in [0.15, 0.2) is 18.2 Å². The summed E-state index contributed by atoms with van der Waals surface area (Å²) >= 11 is 0. The van der Waals surface area contributed by atoms with Crippen LogP contribution in [-0.4, -0.2) is 47.4 Å². The van der Waals surface area contributed by atoms with Gasteiger partial charge in [-0.05, 0) is 25.5 Å². The molecule has 1 heterocycles. The second-order valence-electron chi connectivity index (χ2n) is 5.18. The molecular formula is C13H19BFNO3. The lowest BCUT2D eigenvalue weighted by Crippen LogP contribution is -2.45. The van der Waals surface area contributed by atoms with E-state index >= 15 is 0 Å². The molecule has 1 saturated heterocycles. The van der Waals surface area contributed by atoms with Crippen LogP contribution in [0.2, 0.25) is 0 Å². The largest absolute Gasteiger partial charge is 0.491 e. The number of hydrogen-bond acceptors (Lipinski definition) is 4. The van der Waals surface area contributed by atoms with Gasteiger partial charge in [-0.1, -0.05) is 12.1 Å². The molecule has 0 saturated carbocycles. The van der Waals surface area contributed by atoms with Crippen molar-refractivity contribution in [3.05, 3.63) is 29.6 Å². The normalized spacial score (nSPS) is 24.5. The first-order valence-corrected chi connectivity index (χ1v) is 6.48. The van der Waals surface area contributed by atoms with Crippen molar-refractivity contribution < 1.29 is 19.2 Å². The highest BCUT2D eigenvalue weighted by Gasteiger charge is 2.23. The van der Waals surface area contributed by atoms with Gasteiger partial charge in [0.1, 0.15) is 5.82 Å². The molecule has 0 radical (unpaired) electrons. The number of rotatable bonds is 3. The van der Waals surface area contributed by atoms with Crippen molar-refractivity contribution in [2.75, 3.05) is 13.1 Å². The summed E-state index contributed by atoms with van der Waals surface area (Å²) in [5.41, 5.74) is 0.789. The van der Waals surface area contributed by atoms with Crippen LogP contribution in [0.5, 0.6) is 0 Å². The molecule has 1 aliphatic rings. The van der Waals surface area contributed by atoms with E-state index in [2.05, 4.69) is 4.90 Å². The molecule has 1 aromatic carbocycles. The zero-order valence-corrected chi connectivity index (χ0v) is 11.2. The van der Waals surface area contributed by atoms with Crippen LogP contribution in [-0.2, 0) is 11.3 Å². The molecule has 1 fully saturated rings. The highest BCUT2D eigenvalue weighted by molar-refractivity contribution is 6.58. The van der Waals surface area contributed by atoms with Crippen LogP contribution in [0.3, 0.4) is 0 Å². The Hall–Kier alpha value is -0.945. The predicted molar refractivity (Wildman–Crippen MR) is 71.5 cm³/mol. The quantitative estimate of drug-likeness (QED) is 0.763. The summed E-state index contributed by atoms with van der Waals surface area (Å²) in [6, 6.07) is 4.45. The number of hydrogen-bond donors (Lipinski definition) is 2. The molecule has 6 heteroatoms. The molecule has 0 bridgehead atoms. The highest BCUT2D eigenvalue weighted by atomic mass is 19.1. The van der Waals surface area contributed by atoms with Gasteiger partial charge in [-0.25, -0.2) is 4.39 Å². The molecule has 4 nitrogen and oxygen atoms in total. The van der Waals surface area contributed by atoms with Gasteiger partial charge in [-0.15, -0.1) is 0 Å². The fraction of sp³-hybridized carbons (Fsp3) is 0.538. The third kappa shape index (κ3) is 3.76. The van der Waals surface area contributed by atoms with Gasteiger partial charge in [-0.3, -0.25) is 4.90 Å². The summed E-state index contributed by atoms with van der Waals surface area (Å²) in [6.45, 7) is 6.34. The lowest BCUT2D eigenvalue weighted by molar-refractivity contribution is -0.0704. The molecule has 1 aliphatic heterocycles. The third-order valence-corrected chi connectivity index (χ3v) is 3.24. The predicted octanol–water partition coefficient (Wildman–Crippen LogP) is 0.115. The molecule has 2 unspecified atom stereocenters. The van der Waals surface area contributed by atoms with Crippen molar-refractivity contribution in [3.8, 4) is 0 Å². The van der Waals surface area contributed by atoms with Crippen molar-refractivity contribution >= 4 is 12.6 Å². The van der Waals surface area contributed by atoms with Gasteiger partial charge in [0.05, 0.1) is 12.2 Å². The van der Waals surface area contributed by atoms with E-state index in [1.807, 2.05) is 13.8 Å². The molecule has 0 aromatic heterocycles. The monoisotopic (exact) mass is 267 g/mol. The van der Waals surface area contributed by atoms with Gasteiger partial charge >= 0.3 is 7.12 Å². The van der Waals surface area contributed by atoms with Gasteiger partial charge in [0.15, 0.2) is 0 Å². The Morgan fingerprint density at radius 3 is 2.53 bits per heavy atom. The van der Waals surface area contributed by atoms with Crippen LogP contribution in [0.1, 0.15) is 19.4 Å². The number of benzene rings is 1. The topological polar surface area (TPSA) is 52.9 Å². The lowest BCUT2D eigenvalue weighted by atomic mass is 9.79. The van der Waals surface area contributed by atoms with E-state index in [1.165, 1.54) is 12.1 Å². The molecule has 0 amide bonds. The maximum absolute atomic E-state index is 13.4. The average molecular weight is 267 g/mol. The van der Waals surface area contributed by atoms with Crippen molar-refractivity contribution in [2.45, 2.75) is 32.6 Å². The Kier molecular flexibility index (Phi) is 4.57. The fourth-order valence-electron chi connectivity index (χ4n) is 2.56. The highest BCUT2D eigenvalue weighted by Crippen LogP contribution is 2.14. The molecule has 2 N–H and O–H groups in total. The minimum Gasteiger partial charge on any atom is -0.423 e. The average Bonchev–Trinajstić information content (AvgIpc) is 2.30. The minimum atomic E-state index is -1.78. The number of halogens is 1. The van der Waals surface area contributed by atoms with Crippen molar-refractivity contribution in [1.82, 2.24) is 4.90 Å². The molecule has 2 rings (SSSR count). The lowest BCUT2D eigenvalue weighted by Gasteiger charge is -2.35. The second kappa shape index (κ2) is 6.01. The molecule has 0 spiro atoms. The Labute approximate surface area is 113 Å². The zero-order chi connectivity index (χ0) is 14.0. The SMILES string of the molecule is CC1CN(Cc2ccc(F)c(B(O)O)c2)CC(C)O1. The molecule has 2 atom stereocenters. The van der Waals surface area contributed by atoms with E-state index in [0.717, 1.165) is 18.7 Å². The van der Waals surface area contributed by atoms with Crippen molar-refractivity contribution in [2.24, 2.45) is 0 Å². The summed E-state index contributed by atoms with van der Waals surface area (Å²) in [4.78, 5) is 2.22. The summed E-state index contributed by atoms with van der Waals surface area (Å²) < 4.78 is 19.0. The summed E-state index contributed by atoms with van der Waals surface area (Å²) in [7, 11) is -1.78. The van der Waals surface area contributed by atoms with Gasteiger partial charge in [0, 0.05) is 25.1 Å². The maximum Gasteiger partial charge on any atom is 0.491 e. The van der Waals surface area contributed by atoms with Gasteiger partial charge in [0.2, 0.25) is 0 Å². The van der Waals surface area contributed by atoms with E-state index in [1.54, 1.807) is 6.07 Å². The Bertz CT molecular complexity index is 434. The molecule has 104 valence electrons. The van der Waals surface area contributed by atoms with E-state index in [0.29, 0.717) is 6.54 Å². The van der Waals surface area contributed by atoms with Crippen molar-refractivity contribution in [3.63, 3.8) is 0 Å². The van der Waals surface area contributed by atoms with Crippen LogP contribution < -0.4 is 5.46 Å². The molecule has 0 aliphatic carbocycles. The van der Waals surface area contributed by atoms with E-state index < -0.39 is 12.9 Å². The van der Waals surface area contributed by atoms with Crippen LogP contribution in [0.25, 0.3) is 0 Å². The van der Waals surface area contributed by atoms with E-state index in [4.69, 9.17) is 14.8 Å². The fourth-order valence-corrected chi connectivity index (χ4v) is 2.56. The molecule has 19 heavy (non-hydrogen) atoms. The van der Waals surface area contributed by atoms with E-state index in [-0.39, 0.29) is 17.7 Å². The number of nitrogens with zero attached hydrogens (tertiary/aromatic N) is 1. The first-order chi connectivity index (χ1) is 8.95. The summed E-state index contributed by atoms with van der Waals surface area (Å²) in [5.74, 6) is -0.595. The second-order valence-corrected chi connectivity index (χ2v) is 5.18. The Morgan fingerprint density at radius 2 is 1.95 bits per heavy atom. The molecule has 1 aromatic rings. The van der Waals surface area contributed by atoms with Crippen molar-refractivity contribution in [1.29, 1.82) is 0 Å². The van der Waals surface area contributed by atoms with Gasteiger partial charge in [0.25, 0.3) is 0 Å². The number of morpholine rings is 1. The zero-order valence-electron chi connectivity index (χ0n) is 11.2. The number of ether oxygens (including phenoxy) is 1. The van der Waals surface area contributed by atoms with Crippen LogP contribution in [0.4, 0.5) is 4.39 Å². The van der Waals surface area contributed by atoms with E-state index in [9.17, 15) is 4.39 Å². The van der Waals surface area contributed by atoms with Crippen LogP contribution in [0, 0.1) is 5.82 Å². The van der Waals surface area contributed by atoms with Gasteiger partial charge < -0.3 is 14.8 Å². The maximum atomic E-state index is 13.4. The Morgan fingerprint density at radius 1 is 1.32 bits per heavy atom. The van der Waals surface area contributed by atoms with Crippen LogP contribution >= 0.6 is 0 Å².